The van der Waals surface area contributed by atoms with E-state index < -0.39 is 23.2 Å². The molecular formula is C15H12BrF2NO. The highest BCUT2D eigenvalue weighted by Gasteiger charge is 2.15. The molecule has 1 N–H and O–H groups in total. The minimum absolute atomic E-state index is 0.274. The van der Waals surface area contributed by atoms with Gasteiger partial charge in [-0.1, -0.05) is 34.1 Å². The van der Waals surface area contributed by atoms with Crippen LogP contribution in [0, 0.1) is 18.6 Å². The summed E-state index contributed by atoms with van der Waals surface area (Å²) in [6.07, 6.45) is 0. The van der Waals surface area contributed by atoms with E-state index in [2.05, 4.69) is 21.2 Å². The second-order valence-corrected chi connectivity index (χ2v) is 4.90. The predicted octanol–water partition coefficient (Wildman–Crippen LogP) is 4.42. The van der Waals surface area contributed by atoms with Crippen LogP contribution in [0.3, 0.4) is 0 Å². The molecule has 2 rings (SSSR count). The van der Waals surface area contributed by atoms with E-state index in [4.69, 9.17) is 0 Å². The third kappa shape index (κ3) is 3.04. The van der Waals surface area contributed by atoms with Crippen molar-refractivity contribution in [3.63, 3.8) is 0 Å². The molecular weight excluding hydrogens is 328 g/mol. The van der Waals surface area contributed by atoms with Crippen molar-refractivity contribution in [2.45, 2.75) is 12.3 Å². The van der Waals surface area contributed by atoms with E-state index in [9.17, 15) is 13.6 Å². The van der Waals surface area contributed by atoms with E-state index in [1.807, 2.05) is 0 Å². The van der Waals surface area contributed by atoms with Crippen LogP contribution in [0.4, 0.5) is 14.5 Å². The lowest BCUT2D eigenvalue weighted by atomic mass is 10.1. The summed E-state index contributed by atoms with van der Waals surface area (Å²) < 4.78 is 27.4. The summed E-state index contributed by atoms with van der Waals surface area (Å²) in [4.78, 5) is 12.0. The summed E-state index contributed by atoms with van der Waals surface area (Å²) in [5.41, 5.74) is 1.21. The Labute approximate surface area is 123 Å². The highest BCUT2D eigenvalue weighted by molar-refractivity contribution is 9.08. The Morgan fingerprint density at radius 1 is 1.15 bits per heavy atom. The van der Waals surface area contributed by atoms with Gasteiger partial charge >= 0.3 is 0 Å². The average Bonchev–Trinajstić information content (AvgIpc) is 2.47. The van der Waals surface area contributed by atoms with E-state index in [-0.39, 0.29) is 5.56 Å². The normalized spacial score (nSPS) is 10.4. The number of carbonyl (C=O) groups is 1. The molecule has 0 spiro atoms. The fourth-order valence-corrected chi connectivity index (χ4v) is 2.08. The largest absolute Gasteiger partial charge is 0.317 e. The van der Waals surface area contributed by atoms with Crippen molar-refractivity contribution in [2.24, 2.45) is 0 Å². The molecule has 2 nitrogen and oxygen atoms in total. The zero-order chi connectivity index (χ0) is 14.7. The standard InChI is InChI=1S/C15H12BrF2NO/c1-9-2-7-12(17)14(13(9)18)19-15(20)11-5-3-10(8-16)4-6-11/h2-7H,8H2,1H3,(H,19,20). The van der Waals surface area contributed by atoms with Crippen LogP contribution >= 0.6 is 15.9 Å². The average molecular weight is 340 g/mol. The molecule has 1 amide bonds. The molecule has 0 saturated heterocycles. The lowest BCUT2D eigenvalue weighted by Crippen LogP contribution is -2.14. The van der Waals surface area contributed by atoms with Gasteiger partial charge in [0.1, 0.15) is 11.5 Å². The number of carbonyl (C=O) groups excluding carboxylic acids is 1. The molecule has 0 aliphatic carbocycles. The summed E-state index contributed by atoms with van der Waals surface area (Å²) in [6, 6.07) is 9.21. The monoisotopic (exact) mass is 339 g/mol. The smallest absolute Gasteiger partial charge is 0.255 e. The number of hydrogen-bond donors (Lipinski definition) is 1. The summed E-state index contributed by atoms with van der Waals surface area (Å²) in [7, 11) is 0. The minimum atomic E-state index is -0.793. The second-order valence-electron chi connectivity index (χ2n) is 4.34. The number of aryl methyl sites for hydroxylation is 1. The van der Waals surface area contributed by atoms with Crippen LogP contribution in [0.2, 0.25) is 0 Å². The Hall–Kier alpha value is -1.75. The quantitative estimate of drug-likeness (QED) is 0.824. The first kappa shape index (κ1) is 14.7. The van der Waals surface area contributed by atoms with E-state index >= 15 is 0 Å². The van der Waals surface area contributed by atoms with Crippen LogP contribution in [0.1, 0.15) is 21.5 Å². The minimum Gasteiger partial charge on any atom is -0.317 e. The van der Waals surface area contributed by atoms with Gasteiger partial charge in [0.2, 0.25) is 0 Å². The topological polar surface area (TPSA) is 29.1 Å². The number of rotatable bonds is 3. The van der Waals surface area contributed by atoms with E-state index in [1.165, 1.54) is 13.0 Å². The third-order valence-corrected chi connectivity index (χ3v) is 3.54. The summed E-state index contributed by atoms with van der Waals surface area (Å²) in [5.74, 6) is -2.09. The first-order valence-electron chi connectivity index (χ1n) is 5.93. The molecule has 104 valence electrons. The second kappa shape index (κ2) is 6.13. The van der Waals surface area contributed by atoms with Crippen molar-refractivity contribution in [1.82, 2.24) is 0 Å². The van der Waals surface area contributed by atoms with Gasteiger partial charge in [0.25, 0.3) is 5.91 Å². The molecule has 2 aromatic rings. The highest BCUT2D eigenvalue weighted by atomic mass is 79.9. The van der Waals surface area contributed by atoms with E-state index in [1.54, 1.807) is 24.3 Å². The van der Waals surface area contributed by atoms with Crippen molar-refractivity contribution in [3.8, 4) is 0 Å². The fourth-order valence-electron chi connectivity index (χ4n) is 1.70. The van der Waals surface area contributed by atoms with E-state index in [0.29, 0.717) is 10.9 Å². The van der Waals surface area contributed by atoms with Crippen LogP contribution < -0.4 is 5.32 Å². The van der Waals surface area contributed by atoms with Crippen LogP contribution in [0.5, 0.6) is 0 Å². The van der Waals surface area contributed by atoms with Gasteiger partial charge in [-0.25, -0.2) is 8.78 Å². The number of halogens is 3. The van der Waals surface area contributed by atoms with Crippen LogP contribution in [0.25, 0.3) is 0 Å². The summed E-state index contributed by atoms with van der Waals surface area (Å²) in [6.45, 7) is 1.51. The maximum atomic E-state index is 13.8. The van der Waals surface area contributed by atoms with Gasteiger partial charge in [0.15, 0.2) is 5.82 Å². The lowest BCUT2D eigenvalue weighted by molar-refractivity contribution is 0.102. The van der Waals surface area contributed by atoms with Crippen LogP contribution in [0.15, 0.2) is 36.4 Å². The number of alkyl halides is 1. The molecule has 0 heterocycles. The Morgan fingerprint density at radius 2 is 1.80 bits per heavy atom. The number of benzene rings is 2. The first-order chi connectivity index (χ1) is 9.52. The molecule has 0 atom stereocenters. The maximum absolute atomic E-state index is 13.8. The SMILES string of the molecule is Cc1ccc(F)c(NC(=O)c2ccc(CBr)cc2)c1F. The Balaban J connectivity index is 2.25. The van der Waals surface area contributed by atoms with Gasteiger partial charge in [-0.15, -0.1) is 0 Å². The van der Waals surface area contributed by atoms with Gasteiger partial charge in [-0.05, 0) is 36.2 Å². The molecule has 0 bridgehead atoms. The molecule has 2 aromatic carbocycles. The Kier molecular flexibility index (Phi) is 4.49. The van der Waals surface area contributed by atoms with Gasteiger partial charge < -0.3 is 5.32 Å². The van der Waals surface area contributed by atoms with E-state index in [0.717, 1.165) is 11.6 Å². The zero-order valence-electron chi connectivity index (χ0n) is 10.7. The van der Waals surface area contributed by atoms with Gasteiger partial charge in [-0.2, -0.15) is 0 Å². The summed E-state index contributed by atoms with van der Waals surface area (Å²) in [5, 5.41) is 2.95. The lowest BCUT2D eigenvalue weighted by Gasteiger charge is -2.09. The van der Waals surface area contributed by atoms with Crippen molar-refractivity contribution in [1.29, 1.82) is 0 Å². The highest BCUT2D eigenvalue weighted by Crippen LogP contribution is 2.22. The van der Waals surface area contributed by atoms with Crippen molar-refractivity contribution >= 4 is 27.5 Å². The third-order valence-electron chi connectivity index (χ3n) is 2.89. The molecule has 0 radical (unpaired) electrons. The summed E-state index contributed by atoms with van der Waals surface area (Å²) >= 11 is 3.30. The van der Waals surface area contributed by atoms with Crippen LogP contribution in [-0.2, 0) is 5.33 Å². The zero-order valence-corrected chi connectivity index (χ0v) is 12.3. The van der Waals surface area contributed by atoms with Gasteiger partial charge in [0, 0.05) is 10.9 Å². The molecule has 5 heteroatoms. The number of anilines is 1. The number of nitrogens with one attached hydrogen (secondary N) is 1. The van der Waals surface area contributed by atoms with Gasteiger partial charge in [0.05, 0.1) is 0 Å². The van der Waals surface area contributed by atoms with Crippen molar-refractivity contribution < 1.29 is 13.6 Å². The number of amides is 1. The number of hydrogen-bond acceptors (Lipinski definition) is 1. The molecule has 0 aliphatic heterocycles. The maximum Gasteiger partial charge on any atom is 0.255 e. The molecule has 0 aliphatic rings. The van der Waals surface area contributed by atoms with Crippen molar-refractivity contribution in [3.05, 3.63) is 64.7 Å². The Morgan fingerprint density at radius 3 is 2.40 bits per heavy atom. The fraction of sp³-hybridized carbons (Fsp3) is 0.133. The molecule has 0 aromatic heterocycles. The van der Waals surface area contributed by atoms with Crippen LogP contribution in [-0.4, -0.2) is 5.91 Å². The molecule has 20 heavy (non-hydrogen) atoms. The predicted molar refractivity (Wildman–Crippen MR) is 78.1 cm³/mol. The molecule has 0 saturated carbocycles. The molecule has 0 fully saturated rings. The Bertz CT molecular complexity index is 641. The van der Waals surface area contributed by atoms with Gasteiger partial charge in [-0.3, -0.25) is 4.79 Å². The first-order valence-corrected chi connectivity index (χ1v) is 7.06. The van der Waals surface area contributed by atoms with Crippen molar-refractivity contribution in [2.75, 3.05) is 5.32 Å². The molecule has 0 unspecified atom stereocenters.